The number of nitrogens with one attached hydrogen (secondary N) is 1. The van der Waals surface area contributed by atoms with Crippen LogP contribution in [0, 0.1) is 5.92 Å². The summed E-state index contributed by atoms with van der Waals surface area (Å²) in [6, 6.07) is 0. The van der Waals surface area contributed by atoms with E-state index in [4.69, 9.17) is 4.74 Å². The molecule has 76 valence electrons. The molecule has 0 amide bonds. The lowest BCUT2D eigenvalue weighted by Gasteiger charge is -2.41. The fraction of sp³-hybridized carbons (Fsp3) is 1.00. The van der Waals surface area contributed by atoms with Crippen molar-refractivity contribution in [2.24, 2.45) is 5.92 Å². The zero-order chi connectivity index (χ0) is 9.31. The molecule has 2 unspecified atom stereocenters. The van der Waals surface area contributed by atoms with E-state index in [1.807, 2.05) is 0 Å². The summed E-state index contributed by atoms with van der Waals surface area (Å²) >= 11 is 0. The van der Waals surface area contributed by atoms with Crippen LogP contribution in [0.2, 0.25) is 0 Å². The summed E-state index contributed by atoms with van der Waals surface area (Å²) < 4.78 is 6.23. The van der Waals surface area contributed by atoms with Crippen LogP contribution in [0.25, 0.3) is 0 Å². The zero-order valence-corrected chi connectivity index (χ0v) is 8.81. The summed E-state index contributed by atoms with van der Waals surface area (Å²) in [5.74, 6) is 0.847. The van der Waals surface area contributed by atoms with Gasteiger partial charge in [0.1, 0.15) is 0 Å². The first-order valence-electron chi connectivity index (χ1n) is 5.69. The molecule has 1 aliphatic heterocycles. The minimum atomic E-state index is 0.193. The smallest absolute Gasteiger partial charge is 0.0836 e. The van der Waals surface area contributed by atoms with E-state index in [0.717, 1.165) is 25.4 Å². The fourth-order valence-corrected chi connectivity index (χ4v) is 2.43. The molecule has 1 aliphatic carbocycles. The standard InChI is InChI=1S/C11H21NO/c1-3-10-7-12-8-11(4-2,13-10)9-5-6-9/h9-10,12H,3-8H2,1-2H3. The van der Waals surface area contributed by atoms with Gasteiger partial charge < -0.3 is 10.1 Å². The lowest BCUT2D eigenvalue weighted by molar-refractivity contribution is -0.131. The van der Waals surface area contributed by atoms with Gasteiger partial charge in [-0.15, -0.1) is 0 Å². The SMILES string of the molecule is CCC1CNCC(CC)(C2CC2)O1. The second kappa shape index (κ2) is 3.58. The first-order chi connectivity index (χ1) is 6.30. The van der Waals surface area contributed by atoms with Crippen LogP contribution in [-0.2, 0) is 4.74 Å². The van der Waals surface area contributed by atoms with Crippen LogP contribution in [0.15, 0.2) is 0 Å². The topological polar surface area (TPSA) is 21.3 Å². The van der Waals surface area contributed by atoms with E-state index in [-0.39, 0.29) is 5.60 Å². The Kier molecular flexibility index (Phi) is 2.61. The Hall–Kier alpha value is -0.0800. The van der Waals surface area contributed by atoms with E-state index in [1.165, 1.54) is 19.3 Å². The minimum absolute atomic E-state index is 0.193. The van der Waals surface area contributed by atoms with Crippen molar-refractivity contribution < 1.29 is 4.74 Å². The third-order valence-corrected chi connectivity index (χ3v) is 3.57. The molecular formula is C11H21NO. The van der Waals surface area contributed by atoms with Crippen LogP contribution in [0.3, 0.4) is 0 Å². The van der Waals surface area contributed by atoms with Gasteiger partial charge in [-0.05, 0) is 31.6 Å². The van der Waals surface area contributed by atoms with Crippen LogP contribution < -0.4 is 5.32 Å². The molecule has 1 saturated carbocycles. The van der Waals surface area contributed by atoms with Gasteiger partial charge in [-0.3, -0.25) is 0 Å². The molecule has 0 spiro atoms. The monoisotopic (exact) mass is 183 g/mol. The summed E-state index contributed by atoms with van der Waals surface area (Å²) in [5, 5.41) is 3.52. The fourth-order valence-electron chi connectivity index (χ4n) is 2.43. The molecule has 2 fully saturated rings. The molecule has 2 nitrogen and oxygen atoms in total. The van der Waals surface area contributed by atoms with E-state index >= 15 is 0 Å². The summed E-state index contributed by atoms with van der Waals surface area (Å²) in [5.41, 5.74) is 0.193. The molecule has 1 saturated heterocycles. The second-order valence-electron chi connectivity index (χ2n) is 4.47. The molecule has 2 atom stereocenters. The molecule has 0 aromatic heterocycles. The average Bonchev–Trinajstić information content (AvgIpc) is 3.01. The number of hydrogen-bond acceptors (Lipinski definition) is 2. The van der Waals surface area contributed by atoms with Gasteiger partial charge in [0.05, 0.1) is 11.7 Å². The second-order valence-corrected chi connectivity index (χ2v) is 4.47. The molecule has 0 aromatic rings. The molecule has 0 radical (unpaired) electrons. The molecule has 1 N–H and O–H groups in total. The van der Waals surface area contributed by atoms with Crippen molar-refractivity contribution in [1.82, 2.24) is 5.32 Å². The van der Waals surface area contributed by atoms with Gasteiger partial charge in [-0.25, -0.2) is 0 Å². The van der Waals surface area contributed by atoms with Crippen molar-refractivity contribution in [3.63, 3.8) is 0 Å². The van der Waals surface area contributed by atoms with Gasteiger partial charge in [-0.2, -0.15) is 0 Å². The third-order valence-electron chi connectivity index (χ3n) is 3.57. The summed E-state index contributed by atoms with van der Waals surface area (Å²) in [6.45, 7) is 6.60. The van der Waals surface area contributed by atoms with E-state index in [0.29, 0.717) is 6.10 Å². The van der Waals surface area contributed by atoms with Crippen LogP contribution >= 0.6 is 0 Å². The number of rotatable bonds is 3. The Balaban J connectivity index is 2.01. The Morgan fingerprint density at radius 3 is 2.69 bits per heavy atom. The summed E-state index contributed by atoms with van der Waals surface area (Å²) in [4.78, 5) is 0. The van der Waals surface area contributed by atoms with E-state index in [2.05, 4.69) is 19.2 Å². The highest BCUT2D eigenvalue weighted by Crippen LogP contribution is 2.45. The largest absolute Gasteiger partial charge is 0.369 e. The molecule has 2 aliphatic rings. The van der Waals surface area contributed by atoms with Crippen molar-refractivity contribution in [3.05, 3.63) is 0 Å². The lowest BCUT2D eigenvalue weighted by atomic mass is 9.92. The van der Waals surface area contributed by atoms with Crippen LogP contribution in [0.1, 0.15) is 39.5 Å². The maximum Gasteiger partial charge on any atom is 0.0836 e. The van der Waals surface area contributed by atoms with Gasteiger partial charge in [0, 0.05) is 13.1 Å². The first kappa shape index (κ1) is 9.47. The molecule has 0 bridgehead atoms. The van der Waals surface area contributed by atoms with Crippen LogP contribution in [0.5, 0.6) is 0 Å². The van der Waals surface area contributed by atoms with E-state index in [9.17, 15) is 0 Å². The van der Waals surface area contributed by atoms with Crippen molar-refractivity contribution in [2.45, 2.75) is 51.2 Å². The summed E-state index contributed by atoms with van der Waals surface area (Å²) in [6.07, 6.45) is 5.52. The van der Waals surface area contributed by atoms with Crippen LogP contribution in [-0.4, -0.2) is 24.8 Å². The zero-order valence-electron chi connectivity index (χ0n) is 8.81. The predicted molar refractivity (Wildman–Crippen MR) is 53.8 cm³/mol. The molecular weight excluding hydrogens is 162 g/mol. The van der Waals surface area contributed by atoms with Gasteiger partial charge in [0.15, 0.2) is 0 Å². The molecule has 2 heteroatoms. The first-order valence-corrected chi connectivity index (χ1v) is 5.69. The average molecular weight is 183 g/mol. The van der Waals surface area contributed by atoms with Gasteiger partial charge in [0.25, 0.3) is 0 Å². The Morgan fingerprint density at radius 2 is 2.15 bits per heavy atom. The van der Waals surface area contributed by atoms with Crippen molar-refractivity contribution in [1.29, 1.82) is 0 Å². The Morgan fingerprint density at radius 1 is 1.38 bits per heavy atom. The van der Waals surface area contributed by atoms with Crippen molar-refractivity contribution >= 4 is 0 Å². The van der Waals surface area contributed by atoms with Crippen molar-refractivity contribution in [3.8, 4) is 0 Å². The quantitative estimate of drug-likeness (QED) is 0.722. The van der Waals surface area contributed by atoms with E-state index < -0.39 is 0 Å². The predicted octanol–water partition coefficient (Wildman–Crippen LogP) is 1.94. The number of hydrogen-bond donors (Lipinski definition) is 1. The normalized spacial score (nSPS) is 40.6. The Labute approximate surface area is 81.0 Å². The molecule has 2 rings (SSSR count). The highest BCUT2D eigenvalue weighted by Gasteiger charge is 2.47. The molecule has 1 heterocycles. The third kappa shape index (κ3) is 1.75. The van der Waals surface area contributed by atoms with Gasteiger partial charge >= 0.3 is 0 Å². The molecule has 0 aromatic carbocycles. The van der Waals surface area contributed by atoms with Crippen LogP contribution in [0.4, 0.5) is 0 Å². The molecule has 13 heavy (non-hydrogen) atoms. The highest BCUT2D eigenvalue weighted by molar-refractivity contribution is 4.99. The van der Waals surface area contributed by atoms with Crippen molar-refractivity contribution in [2.75, 3.05) is 13.1 Å². The van der Waals surface area contributed by atoms with Gasteiger partial charge in [0.2, 0.25) is 0 Å². The lowest BCUT2D eigenvalue weighted by Crippen LogP contribution is -2.54. The maximum absolute atomic E-state index is 6.23. The van der Waals surface area contributed by atoms with E-state index in [1.54, 1.807) is 0 Å². The highest BCUT2D eigenvalue weighted by atomic mass is 16.5. The number of morpholine rings is 1. The van der Waals surface area contributed by atoms with Gasteiger partial charge in [-0.1, -0.05) is 13.8 Å². The maximum atomic E-state index is 6.23. The minimum Gasteiger partial charge on any atom is -0.369 e. The number of ether oxygens (including phenoxy) is 1. The Bertz CT molecular complexity index is 179. The summed E-state index contributed by atoms with van der Waals surface area (Å²) in [7, 11) is 0.